The number of nitrogens with zero attached hydrogens (tertiary/aromatic N) is 2. The molecule has 24 heavy (non-hydrogen) atoms. The molecule has 1 fully saturated rings. The molecule has 2 N–H and O–H groups in total. The molecule has 1 aliphatic rings. The average Bonchev–Trinajstić information content (AvgIpc) is 2.56. The van der Waals surface area contributed by atoms with Crippen LogP contribution in [0.3, 0.4) is 0 Å². The highest BCUT2D eigenvalue weighted by molar-refractivity contribution is 5.79. The number of piperidine rings is 1. The number of anilines is 1. The van der Waals surface area contributed by atoms with Crippen LogP contribution in [0.15, 0.2) is 24.3 Å². The lowest BCUT2D eigenvalue weighted by molar-refractivity contribution is 0.221. The molecule has 1 aromatic carbocycles. The lowest BCUT2D eigenvalue weighted by atomic mass is 9.99. The van der Waals surface area contributed by atoms with Crippen molar-refractivity contribution in [1.82, 2.24) is 10.6 Å². The van der Waals surface area contributed by atoms with Gasteiger partial charge in [0, 0.05) is 31.4 Å². The van der Waals surface area contributed by atoms with Gasteiger partial charge < -0.3 is 15.3 Å². The van der Waals surface area contributed by atoms with Crippen LogP contribution in [0.25, 0.3) is 0 Å². The van der Waals surface area contributed by atoms with E-state index in [1.165, 1.54) is 18.5 Å². The third-order valence-corrected chi connectivity index (χ3v) is 4.78. The third kappa shape index (κ3) is 5.41. The second kappa shape index (κ2) is 8.92. The fourth-order valence-electron chi connectivity index (χ4n) is 3.02. The van der Waals surface area contributed by atoms with Gasteiger partial charge in [-0.3, -0.25) is 0 Å². The summed E-state index contributed by atoms with van der Waals surface area (Å²) < 4.78 is 0. The number of rotatable bonds is 6. The molecule has 0 saturated carbocycles. The van der Waals surface area contributed by atoms with Crippen molar-refractivity contribution in [2.75, 3.05) is 24.6 Å². The molecule has 1 atom stereocenters. The number of urea groups is 1. The maximum Gasteiger partial charge on any atom is 0.341 e. The Morgan fingerprint density at radius 2 is 1.92 bits per heavy atom. The largest absolute Gasteiger partial charge is 0.396 e. The Bertz CT molecular complexity index is 508. The first-order valence-corrected chi connectivity index (χ1v) is 8.97. The fourth-order valence-corrected chi connectivity index (χ4v) is 3.02. The van der Waals surface area contributed by atoms with Crippen molar-refractivity contribution in [3.05, 3.63) is 24.3 Å². The zero-order valence-corrected chi connectivity index (χ0v) is 15.0. The minimum absolute atomic E-state index is 0.0548. The van der Waals surface area contributed by atoms with E-state index in [4.69, 9.17) is 5.11 Å². The smallest absolute Gasteiger partial charge is 0.341 e. The first-order chi connectivity index (χ1) is 11.5. The summed E-state index contributed by atoms with van der Waals surface area (Å²) in [5, 5.41) is 16.1. The van der Waals surface area contributed by atoms with Crippen LogP contribution in [0.5, 0.6) is 0 Å². The highest BCUT2D eigenvalue weighted by Crippen LogP contribution is 2.24. The SMILES string of the molecule is CC1CCN(c2ccc([N]C(=O)NC(CCO)C(C)C)cc2)CC1. The van der Waals surface area contributed by atoms with E-state index in [2.05, 4.69) is 22.5 Å². The first-order valence-electron chi connectivity index (χ1n) is 8.97. The van der Waals surface area contributed by atoms with Crippen molar-refractivity contribution in [2.45, 2.75) is 46.1 Å². The highest BCUT2D eigenvalue weighted by Gasteiger charge is 2.18. The Morgan fingerprint density at radius 3 is 2.46 bits per heavy atom. The number of nitrogens with one attached hydrogen (secondary N) is 1. The summed E-state index contributed by atoms with van der Waals surface area (Å²) in [7, 11) is 0. The molecule has 2 amide bonds. The van der Waals surface area contributed by atoms with Crippen LogP contribution >= 0.6 is 0 Å². The molecule has 0 bridgehead atoms. The minimum Gasteiger partial charge on any atom is -0.396 e. The molecule has 133 valence electrons. The number of carbonyl (C=O) groups excluding carboxylic acids is 1. The third-order valence-electron chi connectivity index (χ3n) is 4.78. The van der Waals surface area contributed by atoms with Gasteiger partial charge >= 0.3 is 6.03 Å². The number of aliphatic hydroxyl groups excluding tert-OH is 1. The van der Waals surface area contributed by atoms with Gasteiger partial charge in [-0.15, -0.1) is 0 Å². The van der Waals surface area contributed by atoms with E-state index < -0.39 is 0 Å². The maximum absolute atomic E-state index is 12.1. The van der Waals surface area contributed by atoms with Crippen LogP contribution in [-0.4, -0.2) is 36.9 Å². The number of amides is 2. The zero-order valence-electron chi connectivity index (χ0n) is 15.0. The van der Waals surface area contributed by atoms with E-state index in [9.17, 15) is 4.79 Å². The second-order valence-corrected chi connectivity index (χ2v) is 7.11. The Morgan fingerprint density at radius 1 is 1.29 bits per heavy atom. The molecule has 1 heterocycles. The molecular weight excluding hydrogens is 302 g/mol. The summed E-state index contributed by atoms with van der Waals surface area (Å²) in [6.45, 7) is 8.60. The van der Waals surface area contributed by atoms with Gasteiger partial charge in [0.25, 0.3) is 0 Å². The minimum atomic E-state index is -0.346. The van der Waals surface area contributed by atoms with Crippen molar-refractivity contribution < 1.29 is 9.90 Å². The summed E-state index contributed by atoms with van der Waals surface area (Å²) >= 11 is 0. The molecule has 1 aliphatic heterocycles. The molecule has 1 aromatic rings. The van der Waals surface area contributed by atoms with Gasteiger partial charge in [-0.25, -0.2) is 4.79 Å². The van der Waals surface area contributed by atoms with Gasteiger partial charge in [0.05, 0.1) is 5.69 Å². The summed E-state index contributed by atoms with van der Waals surface area (Å²) in [4.78, 5) is 14.4. The van der Waals surface area contributed by atoms with Crippen molar-refractivity contribution in [1.29, 1.82) is 0 Å². The normalized spacial score (nSPS) is 17.0. The maximum atomic E-state index is 12.1. The number of hydrogen-bond acceptors (Lipinski definition) is 3. The molecule has 0 aromatic heterocycles. The highest BCUT2D eigenvalue weighted by atomic mass is 16.3. The molecule has 1 saturated heterocycles. The van der Waals surface area contributed by atoms with Crippen LogP contribution in [-0.2, 0) is 0 Å². The predicted molar refractivity (Wildman–Crippen MR) is 97.7 cm³/mol. The first kappa shape index (κ1) is 18.6. The van der Waals surface area contributed by atoms with Crippen molar-refractivity contribution >= 4 is 17.4 Å². The van der Waals surface area contributed by atoms with E-state index in [0.717, 1.165) is 19.0 Å². The fraction of sp³-hybridized carbons (Fsp3) is 0.632. The van der Waals surface area contributed by atoms with E-state index >= 15 is 0 Å². The summed E-state index contributed by atoms with van der Waals surface area (Å²) in [5.41, 5.74) is 1.86. The van der Waals surface area contributed by atoms with Crippen LogP contribution in [0.2, 0.25) is 0 Å². The zero-order chi connectivity index (χ0) is 17.5. The Kier molecular flexibility index (Phi) is 6.91. The van der Waals surface area contributed by atoms with Crippen molar-refractivity contribution in [3.8, 4) is 0 Å². The van der Waals surface area contributed by atoms with E-state index in [0.29, 0.717) is 12.1 Å². The van der Waals surface area contributed by atoms with Crippen molar-refractivity contribution in [3.63, 3.8) is 0 Å². The molecule has 1 radical (unpaired) electrons. The number of benzene rings is 1. The average molecular weight is 332 g/mol. The number of hydrogen-bond donors (Lipinski definition) is 2. The monoisotopic (exact) mass is 332 g/mol. The van der Waals surface area contributed by atoms with Crippen LogP contribution < -0.4 is 15.5 Å². The van der Waals surface area contributed by atoms with E-state index in [1.54, 1.807) is 0 Å². The Labute approximate surface area is 145 Å². The van der Waals surface area contributed by atoms with Gasteiger partial charge in [-0.1, -0.05) is 20.8 Å². The summed E-state index contributed by atoms with van der Waals surface area (Å²) in [5.74, 6) is 1.08. The van der Waals surface area contributed by atoms with Crippen molar-refractivity contribution in [2.24, 2.45) is 11.8 Å². The Hall–Kier alpha value is -1.75. The second-order valence-electron chi connectivity index (χ2n) is 7.11. The van der Waals surface area contributed by atoms with E-state index in [-0.39, 0.29) is 24.6 Å². The predicted octanol–water partition coefficient (Wildman–Crippen LogP) is 3.28. The number of aliphatic hydroxyl groups is 1. The van der Waals surface area contributed by atoms with Gasteiger partial charge in [0.2, 0.25) is 0 Å². The molecule has 0 aliphatic carbocycles. The van der Waals surface area contributed by atoms with E-state index in [1.807, 2.05) is 38.1 Å². The topological polar surface area (TPSA) is 66.7 Å². The van der Waals surface area contributed by atoms with Crippen LogP contribution in [0, 0.1) is 11.8 Å². The van der Waals surface area contributed by atoms with Crippen LogP contribution in [0.4, 0.5) is 16.2 Å². The van der Waals surface area contributed by atoms with Crippen LogP contribution in [0.1, 0.15) is 40.0 Å². The molecule has 0 spiro atoms. The van der Waals surface area contributed by atoms with Gasteiger partial charge in [-0.2, -0.15) is 5.32 Å². The number of carbonyl (C=O) groups is 1. The molecule has 5 nitrogen and oxygen atoms in total. The van der Waals surface area contributed by atoms with Gasteiger partial charge in [0.1, 0.15) is 0 Å². The Balaban J connectivity index is 1.87. The lowest BCUT2D eigenvalue weighted by Crippen LogP contribution is -2.41. The lowest BCUT2D eigenvalue weighted by Gasteiger charge is -2.32. The van der Waals surface area contributed by atoms with Gasteiger partial charge in [0.15, 0.2) is 0 Å². The molecule has 2 rings (SSSR count). The standard InChI is InChI=1S/C19H30N3O2/c1-14(2)18(10-13-23)21-19(24)20-16-4-6-17(7-5-16)22-11-8-15(3)9-12-22/h4-7,14-15,18,23H,8-13H2,1-3H3,(H,21,24). The molecular formula is C19H30N3O2. The summed E-state index contributed by atoms with van der Waals surface area (Å²) in [6.07, 6.45) is 3.01. The molecule has 5 heteroatoms. The quantitative estimate of drug-likeness (QED) is 0.840. The summed E-state index contributed by atoms with van der Waals surface area (Å²) in [6, 6.07) is 7.46. The molecule has 1 unspecified atom stereocenters. The van der Waals surface area contributed by atoms with Gasteiger partial charge in [-0.05, 0) is 55.4 Å².